The van der Waals surface area contributed by atoms with E-state index in [4.69, 9.17) is 11.6 Å². The van der Waals surface area contributed by atoms with E-state index in [0.29, 0.717) is 11.9 Å². The van der Waals surface area contributed by atoms with Gasteiger partial charge in [0.25, 0.3) is 10.0 Å². The Morgan fingerprint density at radius 2 is 1.97 bits per heavy atom. The fourth-order valence-electron chi connectivity index (χ4n) is 3.97. The van der Waals surface area contributed by atoms with Gasteiger partial charge in [0.2, 0.25) is 0 Å². The summed E-state index contributed by atoms with van der Waals surface area (Å²) in [6, 6.07) is 12.0. The second-order valence-corrected chi connectivity index (χ2v) is 10.9. The lowest BCUT2D eigenvalue weighted by molar-refractivity contribution is 0.167. The van der Waals surface area contributed by atoms with E-state index in [1.54, 1.807) is 0 Å². The second kappa shape index (κ2) is 10.3. The highest BCUT2D eigenvalue weighted by Gasteiger charge is 2.33. The smallest absolute Gasteiger partial charge is 0.427 e. The zero-order valence-electron chi connectivity index (χ0n) is 18.3. The molecule has 1 aromatic carbocycles. The molecule has 1 amide bonds. The molecule has 0 saturated carbocycles. The molecule has 2 N–H and O–H groups in total. The third kappa shape index (κ3) is 5.17. The fraction of sp³-hybridized carbons (Fsp3) is 0.318. The molecule has 4 rings (SSSR count). The van der Waals surface area contributed by atoms with Gasteiger partial charge in [0, 0.05) is 36.8 Å². The van der Waals surface area contributed by atoms with E-state index in [-0.39, 0.29) is 26.1 Å². The van der Waals surface area contributed by atoms with E-state index in [9.17, 15) is 18.3 Å². The van der Waals surface area contributed by atoms with Gasteiger partial charge in [-0.05, 0) is 31.4 Å². The Morgan fingerprint density at radius 1 is 1.26 bits per heavy atom. The van der Waals surface area contributed by atoms with Crippen LogP contribution in [0.15, 0.2) is 58.4 Å². The summed E-state index contributed by atoms with van der Waals surface area (Å²) in [6.45, 7) is 4.00. The minimum absolute atomic E-state index is 0.102. The number of likely N-dealkylation sites (tertiary alicyclic amines) is 1. The zero-order valence-corrected chi connectivity index (χ0v) is 20.7. The maximum absolute atomic E-state index is 12.9. The average Bonchev–Trinajstić information content (AvgIpc) is 3.34. The van der Waals surface area contributed by atoms with Crippen LogP contribution in [0.4, 0.5) is 16.4 Å². The molecule has 3 aromatic rings. The molecule has 180 valence electrons. The number of nitrogens with one attached hydrogen (secondary N) is 1. The van der Waals surface area contributed by atoms with Crippen LogP contribution in [0.1, 0.15) is 31.4 Å². The number of carbonyl (C=O) groups is 1. The number of hydrogen-bond acceptors (Lipinski definition) is 8. The second-order valence-electron chi connectivity index (χ2n) is 7.94. The predicted molar refractivity (Wildman–Crippen MR) is 132 cm³/mol. The van der Waals surface area contributed by atoms with Crippen LogP contribution in [-0.2, 0) is 10.0 Å². The van der Waals surface area contributed by atoms with Crippen molar-refractivity contribution in [3.63, 3.8) is 0 Å². The minimum Gasteiger partial charge on any atom is -0.464 e. The molecule has 12 heteroatoms. The lowest BCUT2D eigenvalue weighted by Gasteiger charge is -2.36. The Morgan fingerprint density at radius 3 is 2.56 bits per heavy atom. The van der Waals surface area contributed by atoms with Crippen molar-refractivity contribution in [2.24, 2.45) is 0 Å². The zero-order chi connectivity index (χ0) is 24.3. The van der Waals surface area contributed by atoms with Crippen LogP contribution in [0.3, 0.4) is 0 Å². The monoisotopic (exact) mass is 521 g/mol. The number of hydrogen-bond donors (Lipinski definition) is 2. The van der Waals surface area contributed by atoms with Crippen LogP contribution in [0.2, 0.25) is 5.02 Å². The van der Waals surface area contributed by atoms with E-state index < -0.39 is 16.1 Å². The molecule has 0 aliphatic carbocycles. The number of anilines is 2. The molecular formula is C22H24ClN5O4S2. The first kappa shape index (κ1) is 24.4. The largest absolute Gasteiger partial charge is 0.464 e. The highest BCUT2D eigenvalue weighted by atomic mass is 35.5. The first-order valence-corrected chi connectivity index (χ1v) is 13.4. The molecule has 1 unspecified atom stereocenters. The molecule has 1 atom stereocenters. The van der Waals surface area contributed by atoms with Crippen molar-refractivity contribution in [2.75, 3.05) is 22.7 Å². The van der Waals surface area contributed by atoms with Gasteiger partial charge >= 0.3 is 6.09 Å². The average molecular weight is 522 g/mol. The summed E-state index contributed by atoms with van der Waals surface area (Å²) in [5.41, 5.74) is 2.63. The van der Waals surface area contributed by atoms with Crippen LogP contribution < -0.4 is 9.62 Å². The normalized spacial score (nSPS) is 16.2. The van der Waals surface area contributed by atoms with Crippen molar-refractivity contribution >= 4 is 50.7 Å². The number of nitrogens with zero attached hydrogens (tertiary/aromatic N) is 4. The summed E-state index contributed by atoms with van der Waals surface area (Å²) in [6.07, 6.45) is 1.21. The molecule has 3 heterocycles. The molecule has 1 aliphatic rings. The summed E-state index contributed by atoms with van der Waals surface area (Å²) in [4.78, 5) is 21.7. The Kier molecular flexibility index (Phi) is 7.36. The quantitative estimate of drug-likeness (QED) is 0.459. The first-order valence-electron chi connectivity index (χ1n) is 10.6. The number of pyridine rings is 1. The number of rotatable bonds is 7. The topological polar surface area (TPSA) is 116 Å². The van der Waals surface area contributed by atoms with Gasteiger partial charge in [-0.3, -0.25) is 4.90 Å². The summed E-state index contributed by atoms with van der Waals surface area (Å²) >= 11 is 7.43. The SMILES string of the molecule is CC(c1ccccc1)N1CCC(Nc2ncc(S(=O)(=O)N(C(=O)O)c3cscn3)cc2Cl)CC1. The van der Waals surface area contributed by atoms with E-state index >= 15 is 0 Å². The predicted octanol–water partition coefficient (Wildman–Crippen LogP) is 4.70. The number of piperidine rings is 1. The van der Waals surface area contributed by atoms with Gasteiger partial charge in [-0.2, -0.15) is 0 Å². The van der Waals surface area contributed by atoms with Gasteiger partial charge in [0.05, 0.1) is 10.5 Å². The van der Waals surface area contributed by atoms with Gasteiger partial charge in [-0.15, -0.1) is 15.6 Å². The Hall–Kier alpha value is -2.73. The van der Waals surface area contributed by atoms with Crippen molar-refractivity contribution in [2.45, 2.75) is 36.7 Å². The lowest BCUT2D eigenvalue weighted by Crippen LogP contribution is -2.40. The van der Waals surface area contributed by atoms with Gasteiger partial charge in [0.15, 0.2) is 5.82 Å². The van der Waals surface area contributed by atoms with Crippen LogP contribution in [0.25, 0.3) is 0 Å². The number of amides is 1. The molecule has 1 aliphatic heterocycles. The van der Waals surface area contributed by atoms with Crippen molar-refractivity contribution < 1.29 is 18.3 Å². The number of halogens is 1. The molecule has 34 heavy (non-hydrogen) atoms. The minimum atomic E-state index is -4.44. The maximum atomic E-state index is 12.9. The third-order valence-corrected chi connectivity index (χ3v) is 8.36. The number of carboxylic acid groups (broad SMARTS) is 1. The Bertz CT molecular complexity index is 1230. The highest BCUT2D eigenvalue weighted by Crippen LogP contribution is 2.30. The number of aromatic nitrogens is 2. The lowest BCUT2D eigenvalue weighted by atomic mass is 10.00. The summed E-state index contributed by atoms with van der Waals surface area (Å²) in [5.74, 6) is 0.165. The maximum Gasteiger partial charge on any atom is 0.427 e. The molecule has 2 aromatic heterocycles. The number of thiazole rings is 1. The van der Waals surface area contributed by atoms with E-state index in [1.807, 2.05) is 18.2 Å². The molecule has 1 saturated heterocycles. The molecule has 0 radical (unpaired) electrons. The van der Waals surface area contributed by atoms with Crippen molar-refractivity contribution in [3.05, 3.63) is 64.1 Å². The molecular weight excluding hydrogens is 498 g/mol. The van der Waals surface area contributed by atoms with Gasteiger partial charge in [-0.1, -0.05) is 41.9 Å². The van der Waals surface area contributed by atoms with Gasteiger partial charge in [-0.25, -0.2) is 23.2 Å². The molecule has 9 nitrogen and oxygen atoms in total. The van der Waals surface area contributed by atoms with Gasteiger partial charge < -0.3 is 10.4 Å². The third-order valence-electron chi connectivity index (χ3n) is 5.86. The van der Waals surface area contributed by atoms with Gasteiger partial charge in [0.1, 0.15) is 10.7 Å². The van der Waals surface area contributed by atoms with E-state index in [2.05, 4.69) is 39.2 Å². The number of sulfonamides is 1. The van der Waals surface area contributed by atoms with E-state index in [0.717, 1.165) is 43.5 Å². The van der Waals surface area contributed by atoms with Crippen molar-refractivity contribution in [1.82, 2.24) is 14.9 Å². The summed E-state index contributed by atoms with van der Waals surface area (Å²) in [7, 11) is -4.44. The Labute approximate surface area is 207 Å². The van der Waals surface area contributed by atoms with Crippen LogP contribution in [0.5, 0.6) is 0 Å². The van der Waals surface area contributed by atoms with Crippen molar-refractivity contribution in [1.29, 1.82) is 0 Å². The molecule has 0 spiro atoms. The van der Waals surface area contributed by atoms with Crippen LogP contribution >= 0.6 is 22.9 Å². The molecule has 0 bridgehead atoms. The first-order chi connectivity index (χ1) is 16.3. The fourth-order valence-corrected chi connectivity index (χ4v) is 6.06. The van der Waals surface area contributed by atoms with Crippen LogP contribution in [-0.4, -0.2) is 53.6 Å². The van der Waals surface area contributed by atoms with Crippen molar-refractivity contribution in [3.8, 4) is 0 Å². The number of benzene rings is 1. The standard InChI is InChI=1S/C22H24ClN5O4S2/c1-15(16-5-3-2-4-6-16)27-9-7-17(8-10-27)26-21-19(23)11-18(12-24-21)34(31,32)28(22(29)30)20-13-33-14-25-20/h2-6,11-15,17H,7-10H2,1H3,(H,24,26)(H,29,30). The molecule has 1 fully saturated rings. The summed E-state index contributed by atoms with van der Waals surface area (Å²) < 4.78 is 26.1. The Balaban J connectivity index is 1.43. The summed E-state index contributed by atoms with van der Waals surface area (Å²) in [5, 5.41) is 14.2. The van der Waals surface area contributed by atoms with Crippen LogP contribution in [0, 0.1) is 0 Å². The van der Waals surface area contributed by atoms with E-state index in [1.165, 1.54) is 22.5 Å². The highest BCUT2D eigenvalue weighted by molar-refractivity contribution is 7.93.